The second-order valence-electron chi connectivity index (χ2n) is 7.05. The maximum Gasteiger partial charge on any atom is 0.122 e. The van der Waals surface area contributed by atoms with Crippen molar-refractivity contribution in [3.63, 3.8) is 0 Å². The Morgan fingerprint density at radius 2 is 2.12 bits per heavy atom. The van der Waals surface area contributed by atoms with Gasteiger partial charge in [-0.1, -0.05) is 12.1 Å². The molecular weight excluding hydrogens is 326 g/mol. The molecule has 0 fully saturated rings. The third-order valence-corrected chi connectivity index (χ3v) is 5.04. The van der Waals surface area contributed by atoms with Gasteiger partial charge in [0.25, 0.3) is 0 Å². The zero-order valence-electron chi connectivity index (χ0n) is 15.5. The molecule has 6 nitrogen and oxygen atoms in total. The summed E-state index contributed by atoms with van der Waals surface area (Å²) in [4.78, 5) is 7.01. The van der Waals surface area contributed by atoms with Gasteiger partial charge in [0.15, 0.2) is 0 Å². The topological polar surface area (TPSA) is 48.1 Å². The normalized spacial score (nSPS) is 17.5. The number of aromatic nitrogens is 4. The van der Waals surface area contributed by atoms with Gasteiger partial charge in [0.2, 0.25) is 0 Å². The maximum absolute atomic E-state index is 5.44. The van der Waals surface area contributed by atoms with Crippen molar-refractivity contribution in [2.45, 2.75) is 45.6 Å². The van der Waals surface area contributed by atoms with Crippen LogP contribution in [0.4, 0.5) is 0 Å². The van der Waals surface area contributed by atoms with Gasteiger partial charge in [0.1, 0.15) is 11.6 Å². The molecule has 6 heteroatoms. The number of methoxy groups -OCH3 is 1. The van der Waals surface area contributed by atoms with Crippen LogP contribution < -0.4 is 4.74 Å². The molecule has 1 aliphatic rings. The third kappa shape index (κ3) is 3.12. The van der Waals surface area contributed by atoms with E-state index in [-0.39, 0.29) is 6.04 Å². The van der Waals surface area contributed by atoms with Gasteiger partial charge in [-0.05, 0) is 37.6 Å². The van der Waals surface area contributed by atoms with Crippen LogP contribution >= 0.6 is 0 Å². The number of benzene rings is 1. The number of nitrogens with zero attached hydrogens (tertiary/aromatic N) is 5. The zero-order chi connectivity index (χ0) is 18.1. The Morgan fingerprint density at radius 3 is 2.92 bits per heavy atom. The van der Waals surface area contributed by atoms with Crippen LogP contribution in [0.15, 0.2) is 48.9 Å². The maximum atomic E-state index is 5.44. The lowest BCUT2D eigenvalue weighted by molar-refractivity contribution is 0.123. The molecule has 1 aromatic carbocycles. The highest BCUT2D eigenvalue weighted by Gasteiger charge is 2.29. The fraction of sp³-hybridized carbons (Fsp3) is 0.400. The SMILES string of the molecule is COc1cccc(C2Cn3ccnc3CN2Cc2ccnn2C(C)C)c1. The average Bonchev–Trinajstić information content (AvgIpc) is 3.30. The molecule has 0 bridgehead atoms. The van der Waals surface area contributed by atoms with E-state index in [1.54, 1.807) is 7.11 Å². The first-order valence-electron chi connectivity index (χ1n) is 9.06. The Hall–Kier alpha value is -2.60. The predicted octanol–water partition coefficient (Wildman–Crippen LogP) is 3.43. The Labute approximate surface area is 154 Å². The summed E-state index contributed by atoms with van der Waals surface area (Å²) in [6, 6.07) is 11.1. The van der Waals surface area contributed by atoms with E-state index >= 15 is 0 Å². The fourth-order valence-electron chi connectivity index (χ4n) is 3.72. The summed E-state index contributed by atoms with van der Waals surface area (Å²) >= 11 is 0. The number of hydrogen-bond acceptors (Lipinski definition) is 4. The highest BCUT2D eigenvalue weighted by molar-refractivity contribution is 5.31. The van der Waals surface area contributed by atoms with Gasteiger partial charge < -0.3 is 9.30 Å². The zero-order valence-corrected chi connectivity index (χ0v) is 15.5. The second-order valence-corrected chi connectivity index (χ2v) is 7.05. The molecular formula is C20H25N5O. The standard InChI is InChI=1S/C20H25N5O/c1-15(2)25-17(7-8-22-25)12-24-14-20-21-9-10-23(20)13-19(24)16-5-4-6-18(11-16)26-3/h4-11,15,19H,12-14H2,1-3H3. The van der Waals surface area contributed by atoms with Crippen molar-refractivity contribution < 1.29 is 4.74 Å². The summed E-state index contributed by atoms with van der Waals surface area (Å²) in [7, 11) is 1.72. The summed E-state index contributed by atoms with van der Waals surface area (Å²) in [6.45, 7) is 6.88. The average molecular weight is 351 g/mol. The van der Waals surface area contributed by atoms with Gasteiger partial charge in [-0.25, -0.2) is 4.98 Å². The van der Waals surface area contributed by atoms with Gasteiger partial charge >= 0.3 is 0 Å². The van der Waals surface area contributed by atoms with E-state index in [1.807, 2.05) is 18.5 Å². The Balaban J connectivity index is 1.68. The first kappa shape index (κ1) is 16.8. The van der Waals surface area contributed by atoms with Crippen LogP contribution in [0.5, 0.6) is 5.75 Å². The highest BCUT2D eigenvalue weighted by Crippen LogP contribution is 2.32. The molecule has 2 aromatic heterocycles. The molecule has 0 saturated heterocycles. The van der Waals surface area contributed by atoms with Gasteiger partial charge in [-0.15, -0.1) is 0 Å². The molecule has 0 amide bonds. The lowest BCUT2D eigenvalue weighted by atomic mass is 10.0. The predicted molar refractivity (Wildman–Crippen MR) is 99.8 cm³/mol. The lowest BCUT2D eigenvalue weighted by Crippen LogP contribution is -2.37. The number of fused-ring (bicyclic) bond motifs is 1. The fourth-order valence-corrected chi connectivity index (χ4v) is 3.72. The Kier molecular flexibility index (Phi) is 4.51. The smallest absolute Gasteiger partial charge is 0.122 e. The summed E-state index contributed by atoms with van der Waals surface area (Å²) in [5.41, 5.74) is 2.49. The first-order valence-corrected chi connectivity index (χ1v) is 9.06. The van der Waals surface area contributed by atoms with Crippen LogP contribution in [0.25, 0.3) is 0 Å². The Bertz CT molecular complexity index is 882. The molecule has 1 unspecified atom stereocenters. The van der Waals surface area contributed by atoms with Crippen molar-refractivity contribution in [3.05, 3.63) is 66.0 Å². The van der Waals surface area contributed by atoms with E-state index in [0.29, 0.717) is 6.04 Å². The minimum atomic E-state index is 0.266. The minimum Gasteiger partial charge on any atom is -0.497 e. The number of hydrogen-bond donors (Lipinski definition) is 0. The molecule has 3 heterocycles. The lowest BCUT2D eigenvalue weighted by Gasteiger charge is -2.36. The monoisotopic (exact) mass is 351 g/mol. The van der Waals surface area contributed by atoms with Crippen LogP contribution in [-0.2, 0) is 19.6 Å². The molecule has 136 valence electrons. The van der Waals surface area contributed by atoms with E-state index in [0.717, 1.165) is 31.2 Å². The van der Waals surface area contributed by atoms with E-state index in [9.17, 15) is 0 Å². The van der Waals surface area contributed by atoms with Crippen LogP contribution in [-0.4, -0.2) is 31.3 Å². The van der Waals surface area contributed by atoms with Crippen molar-refractivity contribution in [1.29, 1.82) is 0 Å². The Morgan fingerprint density at radius 1 is 1.23 bits per heavy atom. The second kappa shape index (κ2) is 6.96. The molecule has 3 aromatic rings. The molecule has 0 spiro atoms. The first-order chi connectivity index (χ1) is 12.7. The van der Waals surface area contributed by atoms with Crippen LogP contribution in [0, 0.1) is 0 Å². The molecule has 4 rings (SSSR count). The summed E-state index contributed by atoms with van der Waals surface area (Å²) < 4.78 is 9.79. The van der Waals surface area contributed by atoms with Gasteiger partial charge in [0.05, 0.1) is 25.4 Å². The number of imidazole rings is 1. The molecule has 1 atom stereocenters. The number of rotatable bonds is 5. The van der Waals surface area contributed by atoms with Gasteiger partial charge in [-0.3, -0.25) is 9.58 Å². The van der Waals surface area contributed by atoms with E-state index in [2.05, 4.69) is 68.5 Å². The van der Waals surface area contributed by atoms with E-state index < -0.39 is 0 Å². The quantitative estimate of drug-likeness (QED) is 0.707. The molecule has 0 radical (unpaired) electrons. The molecule has 26 heavy (non-hydrogen) atoms. The summed E-state index contributed by atoms with van der Waals surface area (Å²) in [5, 5.41) is 4.49. The number of ether oxygens (including phenoxy) is 1. The molecule has 1 aliphatic heterocycles. The van der Waals surface area contributed by atoms with Crippen molar-refractivity contribution in [2.24, 2.45) is 0 Å². The van der Waals surface area contributed by atoms with Crippen LogP contribution in [0.1, 0.15) is 43.0 Å². The summed E-state index contributed by atoms with van der Waals surface area (Å²) in [6.07, 6.45) is 5.85. The largest absolute Gasteiger partial charge is 0.497 e. The van der Waals surface area contributed by atoms with E-state index in [4.69, 9.17) is 4.74 Å². The van der Waals surface area contributed by atoms with Gasteiger partial charge in [-0.2, -0.15) is 5.10 Å². The van der Waals surface area contributed by atoms with Crippen molar-refractivity contribution in [3.8, 4) is 5.75 Å². The van der Waals surface area contributed by atoms with Gasteiger partial charge in [0, 0.05) is 37.7 Å². The summed E-state index contributed by atoms with van der Waals surface area (Å²) in [5.74, 6) is 2.01. The van der Waals surface area contributed by atoms with E-state index in [1.165, 1.54) is 11.3 Å². The third-order valence-electron chi connectivity index (χ3n) is 5.04. The molecule has 0 aliphatic carbocycles. The highest BCUT2D eigenvalue weighted by atomic mass is 16.5. The van der Waals surface area contributed by atoms with Crippen LogP contribution in [0.2, 0.25) is 0 Å². The van der Waals surface area contributed by atoms with Crippen LogP contribution in [0.3, 0.4) is 0 Å². The molecule has 0 N–H and O–H groups in total. The minimum absolute atomic E-state index is 0.266. The molecule has 0 saturated carbocycles. The van der Waals surface area contributed by atoms with Crippen molar-refractivity contribution in [2.75, 3.05) is 7.11 Å². The van der Waals surface area contributed by atoms with Crippen molar-refractivity contribution in [1.82, 2.24) is 24.2 Å². The van der Waals surface area contributed by atoms with Crippen molar-refractivity contribution >= 4 is 0 Å².